The number of hydrogen-bond donors (Lipinski definition) is 0. The first-order chi connectivity index (χ1) is 28.6. The van der Waals surface area contributed by atoms with Gasteiger partial charge in [0.25, 0.3) is 0 Å². The van der Waals surface area contributed by atoms with E-state index in [0.29, 0.717) is 19.4 Å². The van der Waals surface area contributed by atoms with Crippen molar-refractivity contribution in [3.05, 3.63) is 48.6 Å². The van der Waals surface area contributed by atoms with Crippen LogP contribution in [0.4, 0.5) is 0 Å². The number of ether oxygens (including phenoxy) is 3. The van der Waals surface area contributed by atoms with Crippen molar-refractivity contribution in [1.29, 1.82) is 0 Å². The molecule has 0 aromatic rings. The van der Waals surface area contributed by atoms with Gasteiger partial charge < -0.3 is 14.2 Å². The van der Waals surface area contributed by atoms with Crippen LogP contribution in [0.1, 0.15) is 252 Å². The first-order valence-corrected chi connectivity index (χ1v) is 25.2. The SMILES string of the molecule is CC/C=C\C/C=C\C/C=C\C/C=C\CCCCCCCCC(=O)OCC(COCCCCCCCC)OC(=O)CCCCCCCCCCCCCCCCCCC. The number of allylic oxidation sites excluding steroid dienone is 8. The Labute approximate surface area is 361 Å². The lowest BCUT2D eigenvalue weighted by Crippen LogP contribution is -2.30. The number of hydrogen-bond acceptors (Lipinski definition) is 5. The van der Waals surface area contributed by atoms with Crippen LogP contribution >= 0.6 is 0 Å². The van der Waals surface area contributed by atoms with Crippen LogP contribution < -0.4 is 0 Å². The van der Waals surface area contributed by atoms with Crippen molar-refractivity contribution < 1.29 is 23.8 Å². The van der Waals surface area contributed by atoms with Crippen LogP contribution in [0, 0.1) is 0 Å². The van der Waals surface area contributed by atoms with Crippen molar-refractivity contribution in [3.8, 4) is 0 Å². The Hall–Kier alpha value is -2.14. The highest BCUT2D eigenvalue weighted by atomic mass is 16.6. The molecule has 1 atom stereocenters. The number of unbranched alkanes of at least 4 members (excludes halogenated alkanes) is 27. The molecule has 0 aromatic carbocycles. The van der Waals surface area contributed by atoms with Gasteiger partial charge >= 0.3 is 11.9 Å². The zero-order valence-electron chi connectivity index (χ0n) is 38.8. The quantitative estimate of drug-likeness (QED) is 0.0348. The molecule has 0 aliphatic carbocycles. The highest BCUT2D eigenvalue weighted by Gasteiger charge is 2.17. The number of carbonyl (C=O) groups is 2. The molecule has 0 aliphatic heterocycles. The molecule has 0 N–H and O–H groups in total. The molecule has 5 heteroatoms. The minimum absolute atomic E-state index is 0.0808. The van der Waals surface area contributed by atoms with E-state index in [9.17, 15) is 9.59 Å². The van der Waals surface area contributed by atoms with Gasteiger partial charge in [-0.1, -0.05) is 230 Å². The molecule has 5 nitrogen and oxygen atoms in total. The number of rotatable bonds is 46. The Kier molecular flexibility index (Phi) is 47.4. The molecule has 58 heavy (non-hydrogen) atoms. The van der Waals surface area contributed by atoms with Crippen molar-refractivity contribution in [2.45, 2.75) is 258 Å². The topological polar surface area (TPSA) is 61.8 Å². The van der Waals surface area contributed by atoms with E-state index in [1.54, 1.807) is 0 Å². The van der Waals surface area contributed by atoms with Crippen LogP contribution in [0.25, 0.3) is 0 Å². The van der Waals surface area contributed by atoms with E-state index < -0.39 is 6.10 Å². The second-order valence-corrected chi connectivity index (χ2v) is 16.7. The zero-order chi connectivity index (χ0) is 42.1. The largest absolute Gasteiger partial charge is 0.462 e. The van der Waals surface area contributed by atoms with Gasteiger partial charge in [-0.3, -0.25) is 9.59 Å². The van der Waals surface area contributed by atoms with Gasteiger partial charge in [0.15, 0.2) is 6.10 Å². The molecule has 0 heterocycles. The average molecular weight is 813 g/mol. The molecule has 0 aromatic heterocycles. The van der Waals surface area contributed by atoms with Gasteiger partial charge in [0.1, 0.15) is 6.61 Å². The van der Waals surface area contributed by atoms with Gasteiger partial charge in [-0.05, 0) is 57.8 Å². The van der Waals surface area contributed by atoms with Crippen molar-refractivity contribution in [3.63, 3.8) is 0 Å². The zero-order valence-corrected chi connectivity index (χ0v) is 38.8. The maximum atomic E-state index is 12.7. The fourth-order valence-corrected chi connectivity index (χ4v) is 7.15. The Morgan fingerprint density at radius 3 is 1.24 bits per heavy atom. The monoisotopic (exact) mass is 813 g/mol. The van der Waals surface area contributed by atoms with E-state index >= 15 is 0 Å². The average Bonchev–Trinajstić information content (AvgIpc) is 3.22. The Morgan fingerprint density at radius 2 is 0.776 bits per heavy atom. The van der Waals surface area contributed by atoms with Gasteiger partial charge in [0, 0.05) is 19.4 Å². The van der Waals surface area contributed by atoms with E-state index in [1.807, 2.05) is 0 Å². The fourth-order valence-electron chi connectivity index (χ4n) is 7.15. The fraction of sp³-hybridized carbons (Fsp3) is 0.811. The van der Waals surface area contributed by atoms with Crippen molar-refractivity contribution in [2.24, 2.45) is 0 Å². The molecule has 0 rings (SSSR count). The van der Waals surface area contributed by atoms with Gasteiger partial charge in [0.2, 0.25) is 0 Å². The van der Waals surface area contributed by atoms with Crippen LogP contribution in [-0.2, 0) is 23.8 Å². The lowest BCUT2D eigenvalue weighted by atomic mass is 10.0. The Balaban J connectivity index is 4.08. The third kappa shape index (κ3) is 46.5. The number of esters is 2. The van der Waals surface area contributed by atoms with E-state index in [1.165, 1.54) is 141 Å². The summed E-state index contributed by atoms with van der Waals surface area (Å²) in [6, 6.07) is 0. The summed E-state index contributed by atoms with van der Waals surface area (Å²) >= 11 is 0. The van der Waals surface area contributed by atoms with Gasteiger partial charge in [0.05, 0.1) is 6.61 Å². The Bertz CT molecular complexity index is 966. The van der Waals surface area contributed by atoms with E-state index in [4.69, 9.17) is 14.2 Å². The lowest BCUT2D eigenvalue weighted by Gasteiger charge is -2.18. The molecule has 338 valence electrons. The minimum Gasteiger partial charge on any atom is -0.462 e. The smallest absolute Gasteiger partial charge is 0.306 e. The van der Waals surface area contributed by atoms with Crippen LogP contribution in [0.3, 0.4) is 0 Å². The van der Waals surface area contributed by atoms with E-state index in [0.717, 1.165) is 77.0 Å². The predicted octanol–water partition coefficient (Wildman–Crippen LogP) is 16.8. The van der Waals surface area contributed by atoms with Gasteiger partial charge in [-0.15, -0.1) is 0 Å². The van der Waals surface area contributed by atoms with Crippen LogP contribution in [0.15, 0.2) is 48.6 Å². The molecule has 0 fully saturated rings. The first-order valence-electron chi connectivity index (χ1n) is 25.2. The molecule has 1 unspecified atom stereocenters. The first kappa shape index (κ1) is 55.9. The highest BCUT2D eigenvalue weighted by molar-refractivity contribution is 5.70. The van der Waals surface area contributed by atoms with Crippen molar-refractivity contribution in [2.75, 3.05) is 19.8 Å². The maximum Gasteiger partial charge on any atom is 0.306 e. The molecule has 0 radical (unpaired) electrons. The summed E-state index contributed by atoms with van der Waals surface area (Å²) < 4.78 is 17.3. The van der Waals surface area contributed by atoms with Crippen LogP contribution in [0.2, 0.25) is 0 Å². The highest BCUT2D eigenvalue weighted by Crippen LogP contribution is 2.15. The summed E-state index contributed by atoms with van der Waals surface area (Å²) in [5.41, 5.74) is 0. The summed E-state index contributed by atoms with van der Waals surface area (Å²) in [5, 5.41) is 0. The second kappa shape index (κ2) is 49.2. The molecular weight excluding hydrogens is 717 g/mol. The van der Waals surface area contributed by atoms with Gasteiger partial charge in [-0.25, -0.2) is 0 Å². The summed E-state index contributed by atoms with van der Waals surface area (Å²) in [6.45, 7) is 7.69. The molecule has 0 amide bonds. The summed E-state index contributed by atoms with van der Waals surface area (Å²) in [6.07, 6.45) is 59.8. The van der Waals surface area contributed by atoms with E-state index in [2.05, 4.69) is 69.4 Å². The molecular formula is C53H96O5. The Morgan fingerprint density at radius 1 is 0.397 bits per heavy atom. The van der Waals surface area contributed by atoms with E-state index in [-0.39, 0.29) is 25.2 Å². The van der Waals surface area contributed by atoms with Crippen LogP contribution in [-0.4, -0.2) is 37.9 Å². The third-order valence-corrected chi connectivity index (χ3v) is 10.9. The van der Waals surface area contributed by atoms with Crippen molar-refractivity contribution >= 4 is 11.9 Å². The maximum absolute atomic E-state index is 12.7. The van der Waals surface area contributed by atoms with Crippen LogP contribution in [0.5, 0.6) is 0 Å². The van der Waals surface area contributed by atoms with Crippen molar-refractivity contribution in [1.82, 2.24) is 0 Å². The number of carbonyl (C=O) groups excluding carboxylic acids is 2. The standard InChI is InChI=1S/C53H96O5/c1-4-7-10-13-16-18-20-22-24-26-27-29-30-32-34-36-38-40-43-46-52(54)57-50-51(49-56-48-45-42-15-12-9-6-3)58-53(55)47-44-41-39-37-35-33-31-28-25-23-21-19-17-14-11-8-5-2/h7,10,16,18,22,24,27,29,51H,4-6,8-9,11-15,17,19-21,23,25-26,28,30-50H2,1-3H3/b10-7-,18-16-,24-22-,29-27-. The second-order valence-electron chi connectivity index (χ2n) is 16.7. The molecule has 0 bridgehead atoms. The molecule has 0 aliphatic rings. The summed E-state index contributed by atoms with van der Waals surface area (Å²) in [7, 11) is 0. The molecule has 0 saturated carbocycles. The summed E-state index contributed by atoms with van der Waals surface area (Å²) in [4.78, 5) is 25.3. The minimum atomic E-state index is -0.535. The van der Waals surface area contributed by atoms with Gasteiger partial charge in [-0.2, -0.15) is 0 Å². The third-order valence-electron chi connectivity index (χ3n) is 10.9. The predicted molar refractivity (Wildman–Crippen MR) is 251 cm³/mol. The lowest BCUT2D eigenvalue weighted by molar-refractivity contribution is -0.163. The normalized spacial score (nSPS) is 12.5. The summed E-state index contributed by atoms with van der Waals surface area (Å²) in [5.74, 6) is -0.406. The molecule has 0 spiro atoms. The molecule has 0 saturated heterocycles.